The van der Waals surface area contributed by atoms with Crippen molar-refractivity contribution in [2.24, 2.45) is 11.8 Å². The van der Waals surface area contributed by atoms with E-state index >= 15 is 0 Å². The molecule has 1 aromatic heterocycles. The maximum Gasteiger partial charge on any atom is 0.223 e. The van der Waals surface area contributed by atoms with Crippen molar-refractivity contribution < 1.29 is 9.53 Å². The second-order valence-electron chi connectivity index (χ2n) is 5.21. The van der Waals surface area contributed by atoms with Gasteiger partial charge in [-0.05, 0) is 30.4 Å². The van der Waals surface area contributed by atoms with E-state index in [1.54, 1.807) is 6.20 Å². The molecule has 1 amide bonds. The maximum absolute atomic E-state index is 12.0. The molecule has 1 saturated carbocycles. The molecule has 1 N–H and O–H groups in total. The monoisotopic (exact) mass is 246 g/mol. The van der Waals surface area contributed by atoms with E-state index in [9.17, 15) is 4.79 Å². The fourth-order valence-electron chi connectivity index (χ4n) is 2.57. The van der Waals surface area contributed by atoms with E-state index in [2.05, 4.69) is 16.4 Å². The molecule has 1 aliphatic heterocycles. The molecule has 0 radical (unpaired) electrons. The molecule has 2 aliphatic rings. The summed E-state index contributed by atoms with van der Waals surface area (Å²) in [4.78, 5) is 16.1. The molecule has 1 saturated heterocycles. The molecule has 3 atom stereocenters. The average Bonchev–Trinajstić information content (AvgIpc) is 3.05. The van der Waals surface area contributed by atoms with Crippen LogP contribution in [-0.2, 0) is 9.53 Å². The lowest BCUT2D eigenvalue weighted by Crippen LogP contribution is -2.31. The predicted octanol–water partition coefficient (Wildman–Crippen LogP) is 1.34. The first-order valence-corrected chi connectivity index (χ1v) is 6.60. The highest BCUT2D eigenvalue weighted by atomic mass is 16.5. The number of aromatic nitrogens is 1. The van der Waals surface area contributed by atoms with E-state index in [1.807, 2.05) is 12.3 Å². The minimum absolute atomic E-state index is 0.150. The number of hydrogen-bond acceptors (Lipinski definition) is 3. The summed E-state index contributed by atoms with van der Waals surface area (Å²) in [6.45, 7) is 2.38. The van der Waals surface area contributed by atoms with Crippen LogP contribution in [0.4, 0.5) is 0 Å². The Hall–Kier alpha value is -1.42. The van der Waals surface area contributed by atoms with Gasteiger partial charge in [0.25, 0.3) is 0 Å². The number of carbonyl (C=O) groups excluding carboxylic acids is 1. The SMILES string of the molecule is O=C(NCC1CCOC1)[C@H]1C[C@@H]1c1cccnc1. The van der Waals surface area contributed by atoms with Crippen molar-refractivity contribution in [3.05, 3.63) is 30.1 Å². The standard InChI is InChI=1S/C14H18N2O2/c17-14(16-7-10-3-5-18-9-10)13-6-12(13)11-2-1-4-15-8-11/h1-2,4,8,10,12-13H,3,5-7,9H2,(H,16,17)/t10?,12-,13+/m1/s1. The van der Waals surface area contributed by atoms with Gasteiger partial charge in [0.2, 0.25) is 5.91 Å². The first-order chi connectivity index (χ1) is 8.84. The number of rotatable bonds is 4. The van der Waals surface area contributed by atoms with Crippen LogP contribution >= 0.6 is 0 Å². The van der Waals surface area contributed by atoms with Gasteiger partial charge in [0.05, 0.1) is 6.61 Å². The Labute approximate surface area is 107 Å². The van der Waals surface area contributed by atoms with Gasteiger partial charge >= 0.3 is 0 Å². The zero-order chi connectivity index (χ0) is 12.4. The summed E-state index contributed by atoms with van der Waals surface area (Å²) in [5, 5.41) is 3.05. The first-order valence-electron chi connectivity index (χ1n) is 6.60. The van der Waals surface area contributed by atoms with Crippen molar-refractivity contribution in [1.29, 1.82) is 0 Å². The number of hydrogen-bond donors (Lipinski definition) is 1. The van der Waals surface area contributed by atoms with Crippen molar-refractivity contribution in [2.75, 3.05) is 19.8 Å². The zero-order valence-electron chi connectivity index (χ0n) is 10.3. The lowest BCUT2D eigenvalue weighted by atomic mass is 10.1. The third kappa shape index (κ3) is 2.53. The lowest BCUT2D eigenvalue weighted by Gasteiger charge is -2.09. The maximum atomic E-state index is 12.0. The molecule has 96 valence electrons. The topological polar surface area (TPSA) is 51.2 Å². The minimum atomic E-state index is 0.150. The third-order valence-corrected chi connectivity index (χ3v) is 3.83. The highest BCUT2D eigenvalue weighted by Gasteiger charge is 2.44. The molecule has 2 heterocycles. The van der Waals surface area contributed by atoms with Crippen LogP contribution in [0.5, 0.6) is 0 Å². The summed E-state index contributed by atoms with van der Waals surface area (Å²) in [6.07, 6.45) is 5.65. The minimum Gasteiger partial charge on any atom is -0.381 e. The first kappa shape index (κ1) is 11.7. The molecule has 18 heavy (non-hydrogen) atoms. The van der Waals surface area contributed by atoms with Crippen molar-refractivity contribution in [3.8, 4) is 0 Å². The summed E-state index contributed by atoms with van der Waals surface area (Å²) >= 11 is 0. The van der Waals surface area contributed by atoms with Crippen LogP contribution in [0, 0.1) is 11.8 Å². The van der Waals surface area contributed by atoms with Gasteiger partial charge in [0, 0.05) is 37.4 Å². The number of carbonyl (C=O) groups is 1. The van der Waals surface area contributed by atoms with E-state index in [0.29, 0.717) is 11.8 Å². The van der Waals surface area contributed by atoms with Crippen molar-refractivity contribution in [2.45, 2.75) is 18.8 Å². The van der Waals surface area contributed by atoms with Gasteiger partial charge < -0.3 is 10.1 Å². The molecule has 4 heteroatoms. The molecule has 4 nitrogen and oxygen atoms in total. The fourth-order valence-corrected chi connectivity index (χ4v) is 2.57. The van der Waals surface area contributed by atoms with E-state index in [1.165, 1.54) is 5.56 Å². The Kier molecular flexibility index (Phi) is 3.28. The van der Waals surface area contributed by atoms with Crippen LogP contribution in [-0.4, -0.2) is 30.6 Å². The quantitative estimate of drug-likeness (QED) is 0.872. The number of ether oxygens (including phenoxy) is 1. The summed E-state index contributed by atoms with van der Waals surface area (Å²) in [5.74, 6) is 1.22. The van der Waals surface area contributed by atoms with E-state index < -0.39 is 0 Å². The highest BCUT2D eigenvalue weighted by molar-refractivity contribution is 5.82. The van der Waals surface area contributed by atoms with Gasteiger partial charge in [-0.3, -0.25) is 9.78 Å². The molecular formula is C14H18N2O2. The van der Waals surface area contributed by atoms with Crippen LogP contribution < -0.4 is 5.32 Å². The van der Waals surface area contributed by atoms with Crippen LogP contribution in [0.25, 0.3) is 0 Å². The summed E-state index contributed by atoms with van der Waals surface area (Å²) in [5.41, 5.74) is 1.18. The second kappa shape index (κ2) is 5.06. The summed E-state index contributed by atoms with van der Waals surface area (Å²) < 4.78 is 5.30. The predicted molar refractivity (Wildman–Crippen MR) is 67.0 cm³/mol. The van der Waals surface area contributed by atoms with Crippen molar-refractivity contribution >= 4 is 5.91 Å². The average molecular weight is 246 g/mol. The normalized spacial score (nSPS) is 30.1. The van der Waals surface area contributed by atoms with E-state index in [0.717, 1.165) is 32.6 Å². The highest BCUT2D eigenvalue weighted by Crippen LogP contribution is 2.47. The van der Waals surface area contributed by atoms with Crippen molar-refractivity contribution in [3.63, 3.8) is 0 Å². The Bertz CT molecular complexity index is 415. The molecular weight excluding hydrogens is 228 g/mol. The van der Waals surface area contributed by atoms with Gasteiger partial charge in [0.1, 0.15) is 0 Å². The van der Waals surface area contributed by atoms with Crippen LogP contribution in [0.15, 0.2) is 24.5 Å². The van der Waals surface area contributed by atoms with Gasteiger partial charge in [-0.1, -0.05) is 6.07 Å². The molecule has 1 aromatic rings. The van der Waals surface area contributed by atoms with E-state index in [-0.39, 0.29) is 11.8 Å². The summed E-state index contributed by atoms with van der Waals surface area (Å²) in [6, 6.07) is 3.98. The third-order valence-electron chi connectivity index (χ3n) is 3.83. The van der Waals surface area contributed by atoms with Crippen LogP contribution in [0.1, 0.15) is 24.3 Å². The Morgan fingerprint density at radius 3 is 3.22 bits per heavy atom. The molecule has 1 unspecified atom stereocenters. The molecule has 0 aromatic carbocycles. The number of nitrogens with one attached hydrogen (secondary N) is 1. The van der Waals surface area contributed by atoms with Gasteiger partial charge in [-0.25, -0.2) is 0 Å². The zero-order valence-corrected chi connectivity index (χ0v) is 10.3. The molecule has 1 aliphatic carbocycles. The Balaban J connectivity index is 1.47. The molecule has 2 fully saturated rings. The van der Waals surface area contributed by atoms with Crippen LogP contribution in [0.3, 0.4) is 0 Å². The number of pyridine rings is 1. The number of amides is 1. The van der Waals surface area contributed by atoms with Gasteiger partial charge in [0.15, 0.2) is 0 Å². The molecule has 0 spiro atoms. The molecule has 3 rings (SSSR count). The smallest absolute Gasteiger partial charge is 0.223 e. The Morgan fingerprint density at radius 1 is 1.56 bits per heavy atom. The van der Waals surface area contributed by atoms with E-state index in [4.69, 9.17) is 4.74 Å². The van der Waals surface area contributed by atoms with Gasteiger partial charge in [-0.2, -0.15) is 0 Å². The summed E-state index contributed by atoms with van der Waals surface area (Å²) in [7, 11) is 0. The Morgan fingerprint density at radius 2 is 2.50 bits per heavy atom. The fraction of sp³-hybridized carbons (Fsp3) is 0.571. The van der Waals surface area contributed by atoms with Gasteiger partial charge in [-0.15, -0.1) is 0 Å². The van der Waals surface area contributed by atoms with Crippen molar-refractivity contribution in [1.82, 2.24) is 10.3 Å². The lowest BCUT2D eigenvalue weighted by molar-refractivity contribution is -0.122. The molecule has 0 bridgehead atoms. The number of nitrogens with zero attached hydrogens (tertiary/aromatic N) is 1. The van der Waals surface area contributed by atoms with Crippen LogP contribution in [0.2, 0.25) is 0 Å². The second-order valence-corrected chi connectivity index (χ2v) is 5.21. The largest absolute Gasteiger partial charge is 0.381 e.